The summed E-state index contributed by atoms with van der Waals surface area (Å²) in [6.45, 7) is 0. The maximum Gasteiger partial charge on any atom is 0.143 e. The van der Waals surface area contributed by atoms with Crippen molar-refractivity contribution >= 4 is 43.9 Å². The summed E-state index contributed by atoms with van der Waals surface area (Å²) in [5.74, 6) is 3.55. The van der Waals surface area contributed by atoms with E-state index < -0.39 is 5.41 Å². The van der Waals surface area contributed by atoms with Crippen molar-refractivity contribution in [2.45, 2.75) is 17.8 Å². The molecule has 2 unspecified atom stereocenters. The van der Waals surface area contributed by atoms with Crippen LogP contribution in [-0.2, 0) is 5.41 Å². The van der Waals surface area contributed by atoms with Crippen molar-refractivity contribution in [2.75, 3.05) is 0 Å². The van der Waals surface area contributed by atoms with Crippen molar-refractivity contribution in [1.29, 1.82) is 0 Å². The molecule has 4 heteroatoms. The first kappa shape index (κ1) is 28.9. The Morgan fingerprint density at radius 1 is 0.491 bits per heavy atom. The number of furan rings is 2. The third-order valence-corrected chi connectivity index (χ3v) is 11.6. The molecule has 0 saturated heterocycles. The van der Waals surface area contributed by atoms with E-state index in [0.717, 1.165) is 106 Å². The normalized spacial score (nSPS) is 18.5. The van der Waals surface area contributed by atoms with Crippen molar-refractivity contribution < 1.29 is 18.3 Å². The molecular weight excluding hydrogens is 653 g/mol. The Labute approximate surface area is 304 Å². The molecule has 12 rings (SSSR count). The molecule has 53 heavy (non-hydrogen) atoms. The molecule has 0 bridgehead atoms. The lowest BCUT2D eigenvalue weighted by Crippen LogP contribution is -2.39. The highest BCUT2D eigenvalue weighted by Crippen LogP contribution is 2.62. The number of para-hydroxylation sites is 6. The summed E-state index contributed by atoms with van der Waals surface area (Å²) >= 11 is 0. The molecule has 7 aromatic carbocycles. The predicted molar refractivity (Wildman–Crippen MR) is 210 cm³/mol. The topological polar surface area (TPSA) is 44.7 Å². The second-order valence-corrected chi connectivity index (χ2v) is 14.3. The van der Waals surface area contributed by atoms with E-state index in [1.807, 2.05) is 24.3 Å². The number of hydrogen-bond donors (Lipinski definition) is 0. The summed E-state index contributed by atoms with van der Waals surface area (Å²) in [5.41, 5.74) is 10.6. The van der Waals surface area contributed by atoms with E-state index in [1.165, 1.54) is 0 Å². The molecular formula is C49H30O4. The van der Waals surface area contributed by atoms with Crippen LogP contribution >= 0.6 is 0 Å². The smallest absolute Gasteiger partial charge is 0.143 e. The first-order valence-corrected chi connectivity index (χ1v) is 18.2. The van der Waals surface area contributed by atoms with Crippen LogP contribution < -0.4 is 9.47 Å². The summed E-state index contributed by atoms with van der Waals surface area (Å²) in [6.07, 6.45) is 5.34. The molecule has 9 aromatic rings. The highest BCUT2D eigenvalue weighted by molar-refractivity contribution is 6.09. The molecule has 3 aliphatic rings. The van der Waals surface area contributed by atoms with Crippen LogP contribution in [0, 0.1) is 0 Å². The fraction of sp³-hybridized carbons (Fsp3) is 0.0612. The summed E-state index contributed by atoms with van der Waals surface area (Å²) in [7, 11) is 0. The van der Waals surface area contributed by atoms with Crippen LogP contribution in [0.4, 0.5) is 0 Å². The highest BCUT2D eigenvalue weighted by atomic mass is 16.5. The number of hydrogen-bond acceptors (Lipinski definition) is 4. The number of ether oxygens (including phenoxy) is 2. The van der Waals surface area contributed by atoms with Crippen LogP contribution in [0.3, 0.4) is 0 Å². The largest absolute Gasteiger partial charge is 0.461 e. The van der Waals surface area contributed by atoms with Gasteiger partial charge in [-0.25, -0.2) is 0 Å². The third kappa shape index (κ3) is 3.90. The Morgan fingerprint density at radius 3 is 1.87 bits per heavy atom. The summed E-state index contributed by atoms with van der Waals surface area (Å²) in [6, 6.07) is 53.0. The van der Waals surface area contributed by atoms with Crippen molar-refractivity contribution in [3.05, 3.63) is 197 Å². The van der Waals surface area contributed by atoms with Crippen molar-refractivity contribution in [1.82, 2.24) is 0 Å². The molecule has 0 fully saturated rings. The van der Waals surface area contributed by atoms with Crippen molar-refractivity contribution in [3.8, 4) is 28.4 Å². The van der Waals surface area contributed by atoms with Gasteiger partial charge in [0.05, 0.1) is 5.41 Å². The first-order chi connectivity index (χ1) is 26.3. The zero-order chi connectivity index (χ0) is 34.7. The fourth-order valence-corrected chi connectivity index (χ4v) is 9.30. The van der Waals surface area contributed by atoms with Crippen molar-refractivity contribution in [2.24, 2.45) is 0 Å². The number of fused-ring (bicyclic) bond motifs is 13. The van der Waals surface area contributed by atoms with Gasteiger partial charge in [-0.05, 0) is 35.9 Å². The third-order valence-electron chi connectivity index (χ3n) is 11.6. The minimum absolute atomic E-state index is 0.0709. The molecule has 2 aliphatic heterocycles. The zero-order valence-corrected chi connectivity index (χ0v) is 28.5. The van der Waals surface area contributed by atoms with Gasteiger partial charge in [-0.3, -0.25) is 0 Å². The quantitative estimate of drug-likeness (QED) is 0.182. The minimum Gasteiger partial charge on any atom is -0.461 e. The van der Waals surface area contributed by atoms with Gasteiger partial charge in [0, 0.05) is 67.3 Å². The van der Waals surface area contributed by atoms with Gasteiger partial charge in [-0.2, -0.15) is 0 Å². The number of rotatable bonds is 2. The predicted octanol–water partition coefficient (Wildman–Crippen LogP) is 13.0. The average Bonchev–Trinajstić information content (AvgIpc) is 3.79. The number of allylic oxidation sites excluding steroid dienone is 4. The standard InChI is InChI=1S/C49H30O4/c1-5-19-41-33(11-1)35-15-9-13-31(47(35)52-41)29-23-25-39-45(27-29)50-43-21-7-3-17-37(43)49(39)38-18-4-8-22-44(38)51-46-28-30(24-26-40(46)49)32-14-10-16-36-34-12-2-6-20-42(34)53-48(32)36/h1-27,30H,28H2. The molecule has 0 amide bonds. The van der Waals surface area contributed by atoms with Gasteiger partial charge in [0.25, 0.3) is 0 Å². The van der Waals surface area contributed by atoms with Crippen molar-refractivity contribution in [3.63, 3.8) is 0 Å². The monoisotopic (exact) mass is 682 g/mol. The Balaban J connectivity index is 1.06. The Morgan fingerprint density at radius 2 is 1.09 bits per heavy atom. The van der Waals surface area contributed by atoms with Gasteiger partial charge < -0.3 is 18.3 Å². The van der Waals surface area contributed by atoms with E-state index in [-0.39, 0.29) is 5.92 Å². The fourth-order valence-electron chi connectivity index (χ4n) is 9.30. The van der Waals surface area contributed by atoms with E-state index in [0.29, 0.717) is 6.42 Å². The van der Waals surface area contributed by atoms with Crippen LogP contribution in [0.5, 0.6) is 17.2 Å². The highest BCUT2D eigenvalue weighted by Gasteiger charge is 2.52. The Bertz CT molecular complexity index is 3060. The van der Waals surface area contributed by atoms with Crippen LogP contribution in [0.1, 0.15) is 34.6 Å². The lowest BCUT2D eigenvalue weighted by Gasteiger charge is -2.46. The van der Waals surface area contributed by atoms with Gasteiger partial charge in [0.2, 0.25) is 0 Å². The second-order valence-electron chi connectivity index (χ2n) is 14.3. The zero-order valence-electron chi connectivity index (χ0n) is 28.5. The van der Waals surface area contributed by atoms with E-state index >= 15 is 0 Å². The molecule has 1 spiro atoms. The van der Waals surface area contributed by atoms with Gasteiger partial charge >= 0.3 is 0 Å². The molecule has 250 valence electrons. The van der Waals surface area contributed by atoms with E-state index in [9.17, 15) is 0 Å². The van der Waals surface area contributed by atoms with Crippen LogP contribution in [0.15, 0.2) is 184 Å². The van der Waals surface area contributed by atoms with Gasteiger partial charge in [0.1, 0.15) is 45.3 Å². The SMILES string of the molecule is C1=CC(c2cccc3c2oc2ccccc23)CC2=C1C1(c3ccccc3O2)c2ccccc2Oc2cc(-c3cccc4c3oc3ccccc34)ccc21. The molecule has 1 aliphatic carbocycles. The Kier molecular flexibility index (Phi) is 5.79. The van der Waals surface area contributed by atoms with Gasteiger partial charge in [0.15, 0.2) is 0 Å². The molecule has 4 nitrogen and oxygen atoms in total. The molecule has 0 N–H and O–H groups in total. The Hall–Kier alpha value is -6.78. The van der Waals surface area contributed by atoms with E-state index in [4.69, 9.17) is 18.3 Å². The van der Waals surface area contributed by atoms with Crippen LogP contribution in [0.2, 0.25) is 0 Å². The molecule has 2 atom stereocenters. The van der Waals surface area contributed by atoms with Gasteiger partial charge in [-0.15, -0.1) is 0 Å². The van der Waals surface area contributed by atoms with Crippen LogP contribution in [-0.4, -0.2) is 0 Å². The summed E-state index contributed by atoms with van der Waals surface area (Å²) < 4.78 is 26.8. The van der Waals surface area contributed by atoms with Gasteiger partial charge in [-0.1, -0.05) is 133 Å². The summed E-state index contributed by atoms with van der Waals surface area (Å²) in [5, 5.41) is 4.49. The maximum atomic E-state index is 6.93. The second kappa shape index (κ2) is 10.6. The van der Waals surface area contributed by atoms with Crippen LogP contribution in [0.25, 0.3) is 55.0 Å². The van der Waals surface area contributed by atoms with E-state index in [2.05, 4.69) is 140 Å². The molecule has 2 aromatic heterocycles. The summed E-state index contributed by atoms with van der Waals surface area (Å²) in [4.78, 5) is 0. The molecule has 4 heterocycles. The minimum atomic E-state index is -0.662. The van der Waals surface area contributed by atoms with E-state index in [1.54, 1.807) is 0 Å². The number of benzene rings is 7. The molecule has 0 radical (unpaired) electrons. The maximum absolute atomic E-state index is 6.93. The molecule has 0 saturated carbocycles. The average molecular weight is 683 g/mol. The lowest BCUT2D eigenvalue weighted by atomic mass is 9.60. The lowest BCUT2D eigenvalue weighted by molar-refractivity contribution is 0.345. The first-order valence-electron chi connectivity index (χ1n) is 18.2.